The van der Waals surface area contributed by atoms with Crippen molar-refractivity contribution in [2.75, 3.05) is 5.75 Å². The molecule has 1 aliphatic rings. The van der Waals surface area contributed by atoms with E-state index in [-0.39, 0.29) is 6.04 Å². The fraction of sp³-hybridized carbons (Fsp3) is 0.909. The molecule has 0 aromatic carbocycles. The zero-order valence-electron chi connectivity index (χ0n) is 9.37. The number of carbonyl (C=O) groups is 1. The second kappa shape index (κ2) is 7.12. The van der Waals surface area contributed by atoms with E-state index in [1.165, 1.54) is 32.1 Å². The van der Waals surface area contributed by atoms with E-state index in [4.69, 9.17) is 5.11 Å². The number of thioether (sulfide) groups is 1. The Morgan fingerprint density at radius 3 is 2.73 bits per heavy atom. The van der Waals surface area contributed by atoms with Crippen LogP contribution in [0.1, 0.15) is 45.4 Å². The highest BCUT2D eigenvalue weighted by Crippen LogP contribution is 2.23. The summed E-state index contributed by atoms with van der Waals surface area (Å²) in [6.45, 7) is 2.21. The Labute approximate surface area is 96.0 Å². The van der Waals surface area contributed by atoms with Gasteiger partial charge >= 0.3 is 5.97 Å². The lowest BCUT2D eigenvalue weighted by molar-refractivity contribution is -0.138. The molecule has 1 aliphatic heterocycles. The van der Waals surface area contributed by atoms with Gasteiger partial charge in [-0.05, 0) is 6.42 Å². The summed E-state index contributed by atoms with van der Waals surface area (Å²) in [4.78, 5) is 10.7. The second-order valence-electron chi connectivity index (χ2n) is 4.08. The lowest BCUT2D eigenvalue weighted by Crippen LogP contribution is -2.36. The topological polar surface area (TPSA) is 49.3 Å². The molecule has 88 valence electrons. The van der Waals surface area contributed by atoms with Crippen LogP contribution in [0.4, 0.5) is 0 Å². The van der Waals surface area contributed by atoms with Crippen molar-refractivity contribution in [3.8, 4) is 0 Å². The van der Waals surface area contributed by atoms with Gasteiger partial charge in [-0.2, -0.15) is 0 Å². The maximum Gasteiger partial charge on any atom is 0.321 e. The Hall–Kier alpha value is -0.220. The molecule has 0 aliphatic carbocycles. The highest BCUT2D eigenvalue weighted by molar-refractivity contribution is 8.00. The van der Waals surface area contributed by atoms with Gasteiger partial charge < -0.3 is 5.11 Å². The number of carboxylic acids is 1. The van der Waals surface area contributed by atoms with Crippen molar-refractivity contribution in [1.82, 2.24) is 5.32 Å². The zero-order valence-corrected chi connectivity index (χ0v) is 10.2. The third kappa shape index (κ3) is 4.89. The number of carboxylic acid groups (broad SMARTS) is 1. The molecule has 0 saturated carbocycles. The first-order chi connectivity index (χ1) is 7.24. The summed E-state index contributed by atoms with van der Waals surface area (Å²) in [5, 5.41) is 12.3. The van der Waals surface area contributed by atoms with Gasteiger partial charge in [0.2, 0.25) is 0 Å². The number of rotatable bonds is 7. The lowest BCUT2D eigenvalue weighted by atomic mass is 10.1. The molecule has 0 aromatic heterocycles. The Kier molecular flexibility index (Phi) is 6.10. The van der Waals surface area contributed by atoms with Crippen molar-refractivity contribution in [2.45, 2.75) is 56.9 Å². The lowest BCUT2D eigenvalue weighted by Gasteiger charge is -2.10. The SMILES string of the molecule is CCCCCCC[C@H]1N[C@H](C(=O)O)CS1. The van der Waals surface area contributed by atoms with Crippen molar-refractivity contribution in [2.24, 2.45) is 0 Å². The van der Waals surface area contributed by atoms with E-state index in [0.29, 0.717) is 5.37 Å². The van der Waals surface area contributed by atoms with Crippen LogP contribution >= 0.6 is 11.8 Å². The van der Waals surface area contributed by atoms with Crippen LogP contribution in [0.15, 0.2) is 0 Å². The molecule has 0 radical (unpaired) electrons. The summed E-state index contributed by atoms with van der Waals surface area (Å²) in [7, 11) is 0. The summed E-state index contributed by atoms with van der Waals surface area (Å²) >= 11 is 1.75. The number of unbranched alkanes of at least 4 members (excludes halogenated alkanes) is 4. The summed E-state index contributed by atoms with van der Waals surface area (Å²) in [5.74, 6) is 0.00517. The van der Waals surface area contributed by atoms with E-state index >= 15 is 0 Å². The van der Waals surface area contributed by atoms with Crippen LogP contribution < -0.4 is 5.32 Å². The molecule has 1 rings (SSSR count). The van der Waals surface area contributed by atoms with Crippen molar-refractivity contribution in [1.29, 1.82) is 0 Å². The van der Waals surface area contributed by atoms with Gasteiger partial charge in [0, 0.05) is 5.75 Å². The molecule has 2 N–H and O–H groups in total. The van der Waals surface area contributed by atoms with Gasteiger partial charge in [-0.15, -0.1) is 11.8 Å². The van der Waals surface area contributed by atoms with Crippen LogP contribution in [0, 0.1) is 0 Å². The third-order valence-electron chi connectivity index (χ3n) is 2.72. The quantitative estimate of drug-likeness (QED) is 0.661. The predicted molar refractivity (Wildman–Crippen MR) is 64.2 cm³/mol. The zero-order chi connectivity index (χ0) is 11.1. The van der Waals surface area contributed by atoms with Crippen molar-refractivity contribution >= 4 is 17.7 Å². The average Bonchev–Trinajstić information content (AvgIpc) is 2.66. The maximum atomic E-state index is 10.7. The van der Waals surface area contributed by atoms with Crippen molar-refractivity contribution in [3.63, 3.8) is 0 Å². The largest absolute Gasteiger partial charge is 0.480 e. The number of hydrogen-bond donors (Lipinski definition) is 2. The van der Waals surface area contributed by atoms with Gasteiger partial charge in [-0.3, -0.25) is 10.1 Å². The molecule has 1 heterocycles. The Balaban J connectivity index is 2.01. The fourth-order valence-electron chi connectivity index (χ4n) is 1.78. The molecule has 15 heavy (non-hydrogen) atoms. The van der Waals surface area contributed by atoms with Gasteiger partial charge in [0.05, 0.1) is 5.37 Å². The normalized spacial score (nSPS) is 25.7. The first-order valence-corrected chi connectivity index (χ1v) is 6.89. The molecule has 1 fully saturated rings. The minimum absolute atomic E-state index is 0.323. The van der Waals surface area contributed by atoms with Crippen molar-refractivity contribution in [3.05, 3.63) is 0 Å². The van der Waals surface area contributed by atoms with Gasteiger partial charge in [0.15, 0.2) is 0 Å². The van der Waals surface area contributed by atoms with Crippen LogP contribution in [0.5, 0.6) is 0 Å². The highest BCUT2D eigenvalue weighted by atomic mass is 32.2. The molecule has 0 unspecified atom stereocenters. The summed E-state index contributed by atoms with van der Waals surface area (Å²) in [5.41, 5.74) is 0. The summed E-state index contributed by atoms with van der Waals surface area (Å²) in [6.07, 6.45) is 7.52. The van der Waals surface area contributed by atoms with E-state index in [2.05, 4.69) is 12.2 Å². The first-order valence-electron chi connectivity index (χ1n) is 5.84. The second-order valence-corrected chi connectivity index (χ2v) is 5.32. The van der Waals surface area contributed by atoms with Crippen LogP contribution in [-0.4, -0.2) is 28.2 Å². The number of hydrogen-bond acceptors (Lipinski definition) is 3. The average molecular weight is 231 g/mol. The van der Waals surface area contributed by atoms with E-state index in [9.17, 15) is 4.79 Å². The molecule has 1 saturated heterocycles. The molecule has 0 spiro atoms. The molecular weight excluding hydrogens is 210 g/mol. The van der Waals surface area contributed by atoms with Crippen LogP contribution in [0.2, 0.25) is 0 Å². The monoisotopic (exact) mass is 231 g/mol. The van der Waals surface area contributed by atoms with Gasteiger partial charge in [0.1, 0.15) is 6.04 Å². The van der Waals surface area contributed by atoms with E-state index in [1.54, 1.807) is 11.8 Å². The smallest absolute Gasteiger partial charge is 0.321 e. The van der Waals surface area contributed by atoms with Crippen LogP contribution in [-0.2, 0) is 4.79 Å². The maximum absolute atomic E-state index is 10.7. The molecule has 3 nitrogen and oxygen atoms in total. The fourth-order valence-corrected chi connectivity index (χ4v) is 3.03. The van der Waals surface area contributed by atoms with Gasteiger partial charge in [0.25, 0.3) is 0 Å². The Bertz CT molecular complexity index is 199. The predicted octanol–water partition coefficient (Wildman–Crippen LogP) is 2.46. The van der Waals surface area contributed by atoms with Gasteiger partial charge in [-0.25, -0.2) is 0 Å². The summed E-state index contributed by atoms with van der Waals surface area (Å²) in [6, 6.07) is -0.323. The number of nitrogens with one attached hydrogen (secondary N) is 1. The Morgan fingerprint density at radius 1 is 1.40 bits per heavy atom. The van der Waals surface area contributed by atoms with E-state index in [1.807, 2.05) is 0 Å². The first kappa shape index (κ1) is 12.8. The standard InChI is InChI=1S/C11H21NO2S/c1-2-3-4-5-6-7-10-12-9(8-15-10)11(13)14/h9-10,12H,2-8H2,1H3,(H,13,14)/t9-,10-/m0/s1. The highest BCUT2D eigenvalue weighted by Gasteiger charge is 2.28. The van der Waals surface area contributed by atoms with E-state index in [0.717, 1.165) is 12.2 Å². The van der Waals surface area contributed by atoms with Gasteiger partial charge in [-0.1, -0.05) is 39.0 Å². The molecule has 0 amide bonds. The molecule has 4 heteroatoms. The molecule has 0 aromatic rings. The van der Waals surface area contributed by atoms with Crippen LogP contribution in [0.3, 0.4) is 0 Å². The minimum Gasteiger partial charge on any atom is -0.480 e. The van der Waals surface area contributed by atoms with Crippen molar-refractivity contribution < 1.29 is 9.90 Å². The Morgan fingerprint density at radius 2 is 2.13 bits per heavy atom. The third-order valence-corrected chi connectivity index (χ3v) is 4.02. The van der Waals surface area contributed by atoms with E-state index < -0.39 is 5.97 Å². The molecule has 2 atom stereocenters. The molecule has 0 bridgehead atoms. The minimum atomic E-state index is -0.712. The summed E-state index contributed by atoms with van der Waals surface area (Å²) < 4.78 is 0. The molecular formula is C11H21NO2S. The van der Waals surface area contributed by atoms with Crippen LogP contribution in [0.25, 0.3) is 0 Å². The number of aliphatic carboxylic acids is 1.